The first-order chi connectivity index (χ1) is 11.3. The van der Waals surface area contributed by atoms with Gasteiger partial charge in [-0.2, -0.15) is 0 Å². The van der Waals surface area contributed by atoms with Crippen LogP contribution >= 0.6 is 7.60 Å². The van der Waals surface area contributed by atoms with Crippen molar-refractivity contribution in [3.63, 3.8) is 0 Å². The number of aromatic nitrogens is 1. The molecule has 1 aliphatic rings. The lowest BCUT2D eigenvalue weighted by atomic mass is 10.1. The largest absolute Gasteiger partial charge is 0.378 e. The molecule has 0 amide bonds. The van der Waals surface area contributed by atoms with Crippen LogP contribution in [0.3, 0.4) is 0 Å². The molecule has 3 rings (SSSR count). The molecule has 0 bridgehead atoms. The van der Waals surface area contributed by atoms with E-state index in [-0.39, 0.29) is 5.56 Å². The van der Waals surface area contributed by atoms with Gasteiger partial charge in [-0.05, 0) is 17.7 Å². The molecular weight excluding hydrogens is 338 g/mol. The highest BCUT2D eigenvalue weighted by Crippen LogP contribution is 2.41. The Balaban J connectivity index is 2.20. The van der Waals surface area contributed by atoms with E-state index in [4.69, 9.17) is 4.74 Å². The summed E-state index contributed by atoms with van der Waals surface area (Å²) in [6.07, 6.45) is -0.601. The first-order valence-electron chi connectivity index (χ1n) is 7.46. The van der Waals surface area contributed by atoms with Crippen LogP contribution in [0.1, 0.15) is 5.56 Å². The molecule has 0 saturated carbocycles. The molecule has 1 fully saturated rings. The minimum absolute atomic E-state index is 0.147. The van der Waals surface area contributed by atoms with Crippen LogP contribution in [0, 0.1) is 5.82 Å². The van der Waals surface area contributed by atoms with Crippen molar-refractivity contribution in [2.45, 2.75) is 6.16 Å². The molecule has 1 aromatic carbocycles. The second kappa shape index (κ2) is 6.29. The summed E-state index contributed by atoms with van der Waals surface area (Å²) in [4.78, 5) is 32.3. The van der Waals surface area contributed by atoms with Crippen LogP contribution in [0.15, 0.2) is 23.0 Å². The summed E-state index contributed by atoms with van der Waals surface area (Å²) in [5.41, 5.74) is 0.544. The fraction of sp³-hybridized carbons (Fsp3) is 0.400. The molecule has 2 N–H and O–H groups in total. The quantitative estimate of drug-likeness (QED) is 0.803. The molecule has 1 aliphatic heterocycles. The van der Waals surface area contributed by atoms with E-state index < -0.39 is 25.1 Å². The summed E-state index contributed by atoms with van der Waals surface area (Å²) in [6, 6.07) is 3.94. The number of anilines is 1. The average Bonchev–Trinajstić information content (AvgIpc) is 2.51. The van der Waals surface area contributed by atoms with Crippen LogP contribution in [-0.2, 0) is 22.5 Å². The van der Waals surface area contributed by atoms with Crippen LogP contribution in [0.2, 0.25) is 0 Å². The van der Waals surface area contributed by atoms with Gasteiger partial charge in [0.2, 0.25) is 0 Å². The van der Waals surface area contributed by atoms with Crippen LogP contribution in [0.5, 0.6) is 0 Å². The van der Waals surface area contributed by atoms with E-state index >= 15 is 0 Å². The van der Waals surface area contributed by atoms with Gasteiger partial charge in [-0.25, -0.2) is 4.39 Å². The smallest absolute Gasteiger partial charge is 0.329 e. The molecule has 2 heterocycles. The number of hydrogen-bond acceptors (Lipinski definition) is 4. The topological polar surface area (TPSA) is 92.0 Å². The van der Waals surface area contributed by atoms with Gasteiger partial charge in [0.05, 0.1) is 30.6 Å². The van der Waals surface area contributed by atoms with E-state index in [1.54, 1.807) is 13.1 Å². The van der Waals surface area contributed by atoms with Gasteiger partial charge in [-0.3, -0.25) is 9.36 Å². The van der Waals surface area contributed by atoms with E-state index in [0.717, 1.165) is 6.07 Å². The summed E-state index contributed by atoms with van der Waals surface area (Å²) in [6.45, 7) is 2.07. The highest BCUT2D eigenvalue weighted by molar-refractivity contribution is 7.50. The molecule has 24 heavy (non-hydrogen) atoms. The molecule has 9 heteroatoms. The summed E-state index contributed by atoms with van der Waals surface area (Å²) < 4.78 is 32.5. The van der Waals surface area contributed by atoms with E-state index in [9.17, 15) is 23.5 Å². The third-order valence-corrected chi connectivity index (χ3v) is 4.88. The fourth-order valence-electron chi connectivity index (χ4n) is 2.93. The Hall–Kier alpha value is -1.73. The molecule has 0 aliphatic carbocycles. The Morgan fingerprint density at radius 1 is 1.25 bits per heavy atom. The minimum Gasteiger partial charge on any atom is -0.378 e. The Labute approximate surface area is 137 Å². The van der Waals surface area contributed by atoms with Crippen molar-refractivity contribution in [1.29, 1.82) is 0 Å². The zero-order valence-electron chi connectivity index (χ0n) is 13.1. The number of hydrogen-bond donors (Lipinski definition) is 2. The molecule has 7 nitrogen and oxygen atoms in total. The lowest BCUT2D eigenvalue weighted by Gasteiger charge is -2.29. The number of halogens is 1. The Bertz CT molecular complexity index is 886. The zero-order valence-corrected chi connectivity index (χ0v) is 14.0. The standard InChI is InChI=1S/C15H18FN2O5P/c1-17-13-8-14(18-2-4-23-5-3-18)12(16)7-11(13)10(6-15(17)19)9-24(20,21)22/h6-8H,2-5,9H2,1H3,(H2,20,21,22). The summed E-state index contributed by atoms with van der Waals surface area (Å²) in [7, 11) is -2.83. The number of benzene rings is 1. The van der Waals surface area contributed by atoms with Gasteiger partial charge >= 0.3 is 7.60 Å². The van der Waals surface area contributed by atoms with E-state index in [0.29, 0.717) is 42.9 Å². The lowest BCUT2D eigenvalue weighted by molar-refractivity contribution is 0.122. The molecule has 1 aromatic heterocycles. The van der Waals surface area contributed by atoms with Crippen molar-refractivity contribution < 1.29 is 23.5 Å². The maximum atomic E-state index is 14.6. The van der Waals surface area contributed by atoms with Gasteiger partial charge in [0.25, 0.3) is 5.56 Å². The van der Waals surface area contributed by atoms with Gasteiger partial charge in [-0.1, -0.05) is 0 Å². The van der Waals surface area contributed by atoms with Crippen LogP contribution in [0.4, 0.5) is 10.1 Å². The SMILES string of the molecule is Cn1c(=O)cc(CP(=O)(O)O)c2cc(F)c(N3CCOCC3)cc21. The maximum absolute atomic E-state index is 14.6. The van der Waals surface area contributed by atoms with Crippen LogP contribution in [-0.4, -0.2) is 40.7 Å². The Morgan fingerprint density at radius 2 is 1.92 bits per heavy atom. The second-order valence-corrected chi connectivity index (χ2v) is 7.46. The predicted molar refractivity (Wildman–Crippen MR) is 87.9 cm³/mol. The van der Waals surface area contributed by atoms with Crippen molar-refractivity contribution in [2.24, 2.45) is 7.05 Å². The number of rotatable bonds is 3. The van der Waals surface area contributed by atoms with Crippen LogP contribution in [0.25, 0.3) is 10.9 Å². The fourth-order valence-corrected chi connectivity index (χ4v) is 3.63. The molecule has 0 spiro atoms. The van der Waals surface area contributed by atoms with E-state index in [2.05, 4.69) is 0 Å². The molecule has 0 unspecified atom stereocenters. The molecular formula is C15H18FN2O5P. The predicted octanol–water partition coefficient (Wildman–Crippen LogP) is 1.19. The molecule has 1 saturated heterocycles. The third kappa shape index (κ3) is 3.37. The minimum atomic E-state index is -4.38. The lowest BCUT2D eigenvalue weighted by Crippen LogP contribution is -2.36. The van der Waals surface area contributed by atoms with Gasteiger partial charge in [0, 0.05) is 31.6 Å². The maximum Gasteiger partial charge on any atom is 0.329 e. The Morgan fingerprint density at radius 3 is 2.54 bits per heavy atom. The number of nitrogens with zero attached hydrogens (tertiary/aromatic N) is 2. The normalized spacial score (nSPS) is 15.9. The number of pyridine rings is 1. The average molecular weight is 356 g/mol. The van der Waals surface area contributed by atoms with E-state index in [1.807, 2.05) is 4.90 Å². The van der Waals surface area contributed by atoms with Crippen molar-refractivity contribution >= 4 is 24.2 Å². The Kier molecular flexibility index (Phi) is 4.48. The first kappa shape index (κ1) is 17.1. The molecule has 130 valence electrons. The highest BCUT2D eigenvalue weighted by atomic mass is 31.2. The van der Waals surface area contributed by atoms with E-state index in [1.165, 1.54) is 10.6 Å². The zero-order chi connectivity index (χ0) is 17.5. The van der Waals surface area contributed by atoms with Gasteiger partial charge in [0.15, 0.2) is 0 Å². The first-order valence-corrected chi connectivity index (χ1v) is 9.25. The van der Waals surface area contributed by atoms with Gasteiger partial charge < -0.3 is 24.0 Å². The third-order valence-electron chi connectivity index (χ3n) is 4.13. The monoisotopic (exact) mass is 356 g/mol. The second-order valence-electron chi connectivity index (χ2n) is 5.81. The van der Waals surface area contributed by atoms with Gasteiger partial charge in [0.1, 0.15) is 5.82 Å². The van der Waals surface area contributed by atoms with Crippen LogP contribution < -0.4 is 10.5 Å². The van der Waals surface area contributed by atoms with Gasteiger partial charge in [-0.15, -0.1) is 0 Å². The number of ether oxygens (including phenoxy) is 1. The van der Waals surface area contributed by atoms with Crippen molar-refractivity contribution in [1.82, 2.24) is 4.57 Å². The van der Waals surface area contributed by atoms with Crippen molar-refractivity contribution in [2.75, 3.05) is 31.2 Å². The summed E-state index contributed by atoms with van der Waals surface area (Å²) in [5, 5.41) is 0.329. The molecule has 2 aromatic rings. The summed E-state index contributed by atoms with van der Waals surface area (Å²) >= 11 is 0. The number of morpholine rings is 1. The highest BCUT2D eigenvalue weighted by Gasteiger charge is 2.21. The number of aryl methyl sites for hydroxylation is 1. The van der Waals surface area contributed by atoms with Crippen molar-refractivity contribution in [3.8, 4) is 0 Å². The molecule has 0 atom stereocenters. The summed E-state index contributed by atoms with van der Waals surface area (Å²) in [5.74, 6) is -0.491. The molecule has 0 radical (unpaired) electrons. The number of fused-ring (bicyclic) bond motifs is 1. The van der Waals surface area contributed by atoms with Crippen molar-refractivity contribution in [3.05, 3.63) is 39.9 Å².